The number of rotatable bonds is 6. The maximum absolute atomic E-state index is 12.9. The van der Waals surface area contributed by atoms with Crippen LogP contribution in [0.1, 0.15) is 40.5 Å². The zero-order chi connectivity index (χ0) is 12.3. The van der Waals surface area contributed by atoms with Crippen LogP contribution in [0.3, 0.4) is 0 Å². The first kappa shape index (κ1) is 14.7. The van der Waals surface area contributed by atoms with E-state index in [4.69, 9.17) is 0 Å². The molecule has 0 aliphatic carbocycles. The lowest BCUT2D eigenvalue weighted by Crippen LogP contribution is -2.35. The van der Waals surface area contributed by atoms with Gasteiger partial charge in [0.1, 0.15) is 0 Å². The minimum atomic E-state index is -3.76. The molecule has 0 saturated heterocycles. The highest BCUT2D eigenvalue weighted by atomic mass is 19.3. The van der Waals surface area contributed by atoms with Gasteiger partial charge in [-0.1, -0.05) is 27.7 Å². The van der Waals surface area contributed by atoms with Crippen molar-refractivity contribution >= 4 is 0 Å². The van der Waals surface area contributed by atoms with Crippen LogP contribution in [0.15, 0.2) is 0 Å². The van der Waals surface area contributed by atoms with Gasteiger partial charge >= 0.3 is 12.2 Å². The molecule has 0 amide bonds. The average molecular weight is 230 g/mol. The van der Waals surface area contributed by atoms with Crippen molar-refractivity contribution in [3.05, 3.63) is 0 Å². The molecular weight excluding hydrogens is 212 g/mol. The molecule has 92 valence electrons. The van der Waals surface area contributed by atoms with Crippen molar-refractivity contribution in [2.45, 2.75) is 52.8 Å². The molecule has 0 aromatic carbocycles. The molecule has 0 radical (unpaired) electrons. The predicted molar refractivity (Wildman–Crippen MR) is 49.9 cm³/mol. The third-order valence-electron chi connectivity index (χ3n) is 1.59. The summed E-state index contributed by atoms with van der Waals surface area (Å²) in [6.07, 6.45) is -8.90. The van der Waals surface area contributed by atoms with E-state index < -0.39 is 36.9 Å². The molecule has 0 aliphatic heterocycles. The first-order valence-electron chi connectivity index (χ1n) is 5.00. The van der Waals surface area contributed by atoms with Gasteiger partial charge in [-0.2, -0.15) is 17.6 Å². The SMILES string of the molecule is CC(C)CC(F)(F)OC(F)(F)CC(C)C. The van der Waals surface area contributed by atoms with E-state index >= 15 is 0 Å². The van der Waals surface area contributed by atoms with Crippen LogP contribution in [-0.4, -0.2) is 12.2 Å². The summed E-state index contributed by atoms with van der Waals surface area (Å²) < 4.78 is 55.3. The van der Waals surface area contributed by atoms with Gasteiger partial charge in [-0.15, -0.1) is 0 Å². The van der Waals surface area contributed by atoms with Crippen LogP contribution in [-0.2, 0) is 4.74 Å². The number of alkyl halides is 4. The molecule has 0 bridgehead atoms. The van der Waals surface area contributed by atoms with Gasteiger partial charge in [0.05, 0.1) is 0 Å². The summed E-state index contributed by atoms with van der Waals surface area (Å²) in [5.74, 6) is -0.787. The van der Waals surface area contributed by atoms with Gasteiger partial charge in [-0.3, -0.25) is 4.74 Å². The Hall–Kier alpha value is -0.320. The molecule has 0 rings (SSSR count). The monoisotopic (exact) mass is 230 g/mol. The van der Waals surface area contributed by atoms with Gasteiger partial charge in [0.15, 0.2) is 0 Å². The highest BCUT2D eigenvalue weighted by Crippen LogP contribution is 2.35. The standard InChI is InChI=1S/C10H18F4O/c1-7(2)5-9(11,12)15-10(13,14)6-8(3)4/h7-8H,5-6H2,1-4H3. The van der Waals surface area contributed by atoms with E-state index in [1.54, 1.807) is 0 Å². The number of halogens is 4. The molecule has 0 spiro atoms. The second-order valence-corrected chi connectivity index (χ2v) is 4.57. The van der Waals surface area contributed by atoms with Crippen LogP contribution in [0.25, 0.3) is 0 Å². The minimum Gasteiger partial charge on any atom is -0.255 e. The van der Waals surface area contributed by atoms with Gasteiger partial charge in [0, 0.05) is 12.8 Å². The second kappa shape index (κ2) is 5.14. The topological polar surface area (TPSA) is 9.23 Å². The van der Waals surface area contributed by atoms with Crippen molar-refractivity contribution in [3.63, 3.8) is 0 Å². The Balaban J connectivity index is 4.29. The number of hydrogen-bond donors (Lipinski definition) is 0. The van der Waals surface area contributed by atoms with E-state index in [0.29, 0.717) is 0 Å². The van der Waals surface area contributed by atoms with Crippen LogP contribution in [0, 0.1) is 11.8 Å². The second-order valence-electron chi connectivity index (χ2n) is 4.57. The largest absolute Gasteiger partial charge is 0.360 e. The summed E-state index contributed by atoms with van der Waals surface area (Å²) in [6.45, 7) is 6.10. The molecule has 0 atom stereocenters. The van der Waals surface area contributed by atoms with E-state index in [0.717, 1.165) is 0 Å². The van der Waals surface area contributed by atoms with E-state index in [-0.39, 0.29) is 0 Å². The summed E-state index contributed by atoms with van der Waals surface area (Å²) in [7, 11) is 0. The molecule has 0 aliphatic rings. The lowest BCUT2D eigenvalue weighted by Gasteiger charge is -2.25. The molecule has 1 nitrogen and oxygen atoms in total. The number of ether oxygens (including phenoxy) is 1. The van der Waals surface area contributed by atoms with Crippen molar-refractivity contribution in [2.75, 3.05) is 0 Å². The van der Waals surface area contributed by atoms with Crippen LogP contribution in [0.2, 0.25) is 0 Å². The summed E-state index contributed by atoms with van der Waals surface area (Å²) in [6, 6.07) is 0. The van der Waals surface area contributed by atoms with Gasteiger partial charge in [-0.05, 0) is 11.8 Å². The summed E-state index contributed by atoms with van der Waals surface area (Å²) in [5.41, 5.74) is 0. The van der Waals surface area contributed by atoms with E-state index in [1.807, 2.05) is 0 Å². The zero-order valence-electron chi connectivity index (χ0n) is 9.49. The first-order chi connectivity index (χ1) is 6.54. The lowest BCUT2D eigenvalue weighted by atomic mass is 10.1. The third-order valence-corrected chi connectivity index (χ3v) is 1.59. The molecule has 5 heteroatoms. The zero-order valence-corrected chi connectivity index (χ0v) is 9.49. The Morgan fingerprint density at radius 2 is 1.07 bits per heavy atom. The molecule has 0 aromatic heterocycles. The fraction of sp³-hybridized carbons (Fsp3) is 1.00. The molecule has 0 heterocycles. The molecule has 0 unspecified atom stereocenters. The Kier molecular flexibility index (Phi) is 5.03. The smallest absolute Gasteiger partial charge is 0.255 e. The van der Waals surface area contributed by atoms with Crippen LogP contribution in [0.4, 0.5) is 17.6 Å². The molecular formula is C10H18F4O. The van der Waals surface area contributed by atoms with Gasteiger partial charge < -0.3 is 0 Å². The highest BCUT2D eigenvalue weighted by molar-refractivity contribution is 4.63. The minimum absolute atomic E-state index is 0.394. The van der Waals surface area contributed by atoms with E-state index in [9.17, 15) is 17.6 Å². The summed E-state index contributed by atoms with van der Waals surface area (Å²) >= 11 is 0. The molecule has 0 fully saturated rings. The normalized spacial score (nSPS) is 14.0. The Morgan fingerprint density at radius 1 is 0.800 bits per heavy atom. The van der Waals surface area contributed by atoms with Crippen molar-refractivity contribution in [3.8, 4) is 0 Å². The predicted octanol–water partition coefficient (Wildman–Crippen LogP) is 4.28. The van der Waals surface area contributed by atoms with Gasteiger partial charge in [0.2, 0.25) is 0 Å². The Labute approximate surface area is 87.8 Å². The highest BCUT2D eigenvalue weighted by Gasteiger charge is 2.44. The van der Waals surface area contributed by atoms with Crippen LogP contribution >= 0.6 is 0 Å². The first-order valence-corrected chi connectivity index (χ1v) is 5.00. The molecule has 0 aromatic rings. The quantitative estimate of drug-likeness (QED) is 0.619. The fourth-order valence-electron chi connectivity index (χ4n) is 1.25. The summed E-state index contributed by atoms with van der Waals surface area (Å²) in [5, 5.41) is 0. The van der Waals surface area contributed by atoms with Crippen LogP contribution < -0.4 is 0 Å². The van der Waals surface area contributed by atoms with Gasteiger partial charge in [0.25, 0.3) is 0 Å². The van der Waals surface area contributed by atoms with Gasteiger partial charge in [-0.25, -0.2) is 0 Å². The lowest BCUT2D eigenvalue weighted by molar-refractivity contribution is -0.382. The molecule has 0 N–H and O–H groups in total. The van der Waals surface area contributed by atoms with Crippen LogP contribution in [0.5, 0.6) is 0 Å². The third kappa shape index (κ3) is 7.59. The van der Waals surface area contributed by atoms with Crippen molar-refractivity contribution in [1.29, 1.82) is 0 Å². The average Bonchev–Trinajstić information content (AvgIpc) is 1.73. The maximum atomic E-state index is 12.9. The molecule has 15 heavy (non-hydrogen) atoms. The fourth-order valence-corrected chi connectivity index (χ4v) is 1.25. The van der Waals surface area contributed by atoms with E-state index in [2.05, 4.69) is 4.74 Å². The maximum Gasteiger partial charge on any atom is 0.360 e. The van der Waals surface area contributed by atoms with Crippen molar-refractivity contribution in [1.82, 2.24) is 0 Å². The van der Waals surface area contributed by atoms with Crippen molar-refractivity contribution in [2.24, 2.45) is 11.8 Å². The summed E-state index contributed by atoms with van der Waals surface area (Å²) in [4.78, 5) is 0. The number of hydrogen-bond acceptors (Lipinski definition) is 1. The van der Waals surface area contributed by atoms with E-state index in [1.165, 1.54) is 27.7 Å². The van der Waals surface area contributed by atoms with Crippen molar-refractivity contribution < 1.29 is 22.3 Å². The Morgan fingerprint density at radius 3 is 1.27 bits per heavy atom. The molecule has 0 saturated carbocycles. The Bertz CT molecular complexity index is 170.